The van der Waals surface area contributed by atoms with Crippen molar-refractivity contribution in [1.82, 2.24) is 10.6 Å². The van der Waals surface area contributed by atoms with E-state index < -0.39 is 24.0 Å². The molecular formula is C14H18N2O5. The van der Waals surface area contributed by atoms with Crippen LogP contribution in [0.3, 0.4) is 0 Å². The lowest BCUT2D eigenvalue weighted by atomic mass is 10.1. The average molecular weight is 294 g/mol. The molecule has 0 radical (unpaired) electrons. The number of urea groups is 1. The highest BCUT2D eigenvalue weighted by molar-refractivity contribution is 5.83. The van der Waals surface area contributed by atoms with Crippen LogP contribution in [0.15, 0.2) is 30.3 Å². The lowest BCUT2D eigenvalue weighted by Crippen LogP contribution is -2.46. The Morgan fingerprint density at radius 1 is 1.10 bits per heavy atom. The zero-order valence-electron chi connectivity index (χ0n) is 11.6. The Labute approximate surface area is 122 Å². The van der Waals surface area contributed by atoms with Crippen LogP contribution in [0.2, 0.25) is 0 Å². The molecule has 0 saturated heterocycles. The molecule has 0 heterocycles. The minimum Gasteiger partial charge on any atom is -0.481 e. The Bertz CT molecular complexity index is 503. The maximum absolute atomic E-state index is 11.8. The first-order chi connectivity index (χ1) is 9.90. The molecule has 0 spiro atoms. The van der Waals surface area contributed by atoms with E-state index >= 15 is 0 Å². The minimum atomic E-state index is -1.27. The zero-order valence-corrected chi connectivity index (χ0v) is 11.6. The molecule has 7 nitrogen and oxygen atoms in total. The maximum atomic E-state index is 11.8. The van der Waals surface area contributed by atoms with Crippen molar-refractivity contribution in [2.75, 3.05) is 0 Å². The fourth-order valence-electron chi connectivity index (χ4n) is 1.75. The van der Waals surface area contributed by atoms with Crippen LogP contribution in [-0.2, 0) is 9.59 Å². The number of benzene rings is 1. The second-order valence-corrected chi connectivity index (χ2v) is 4.57. The molecule has 0 aliphatic carbocycles. The van der Waals surface area contributed by atoms with Gasteiger partial charge in [0, 0.05) is 6.42 Å². The van der Waals surface area contributed by atoms with Gasteiger partial charge in [-0.05, 0) is 18.9 Å². The van der Waals surface area contributed by atoms with Gasteiger partial charge in [0.15, 0.2) is 0 Å². The molecule has 0 aliphatic rings. The summed E-state index contributed by atoms with van der Waals surface area (Å²) in [5.74, 6) is -2.38. The molecule has 1 aromatic rings. The number of carboxylic acids is 2. The van der Waals surface area contributed by atoms with E-state index in [1.54, 1.807) is 6.92 Å². The number of hydrogen-bond acceptors (Lipinski definition) is 3. The van der Waals surface area contributed by atoms with Gasteiger partial charge < -0.3 is 20.8 Å². The zero-order chi connectivity index (χ0) is 15.8. The highest BCUT2D eigenvalue weighted by atomic mass is 16.4. The van der Waals surface area contributed by atoms with Crippen LogP contribution in [0.25, 0.3) is 0 Å². The molecule has 21 heavy (non-hydrogen) atoms. The molecule has 4 N–H and O–H groups in total. The highest BCUT2D eigenvalue weighted by Crippen LogP contribution is 2.10. The third kappa shape index (κ3) is 5.94. The molecule has 2 amide bonds. The second-order valence-electron chi connectivity index (χ2n) is 4.57. The SMILES string of the molecule is CC(NC(=O)N[C@@H](CCC(=O)O)C(=O)O)c1ccccc1. The Hall–Kier alpha value is -2.57. The molecule has 2 atom stereocenters. The quantitative estimate of drug-likeness (QED) is 0.606. The van der Waals surface area contributed by atoms with Crippen LogP contribution >= 0.6 is 0 Å². The Morgan fingerprint density at radius 3 is 2.24 bits per heavy atom. The van der Waals surface area contributed by atoms with Crippen molar-refractivity contribution in [3.8, 4) is 0 Å². The van der Waals surface area contributed by atoms with E-state index in [1.165, 1.54) is 0 Å². The van der Waals surface area contributed by atoms with Gasteiger partial charge in [-0.3, -0.25) is 4.79 Å². The van der Waals surface area contributed by atoms with E-state index in [4.69, 9.17) is 10.2 Å². The summed E-state index contributed by atoms with van der Waals surface area (Å²) in [5.41, 5.74) is 0.880. The van der Waals surface area contributed by atoms with Gasteiger partial charge in [-0.25, -0.2) is 9.59 Å². The summed E-state index contributed by atoms with van der Waals surface area (Å²) in [6.07, 6.45) is -0.497. The molecule has 1 aromatic carbocycles. The van der Waals surface area contributed by atoms with Gasteiger partial charge in [0.1, 0.15) is 6.04 Å². The number of carboxylic acid groups (broad SMARTS) is 2. The van der Waals surface area contributed by atoms with Gasteiger partial charge in [-0.2, -0.15) is 0 Å². The van der Waals surface area contributed by atoms with Gasteiger partial charge in [0.25, 0.3) is 0 Å². The molecule has 0 fully saturated rings. The predicted molar refractivity (Wildman–Crippen MR) is 74.8 cm³/mol. The van der Waals surface area contributed by atoms with Crippen molar-refractivity contribution in [1.29, 1.82) is 0 Å². The number of carbonyl (C=O) groups is 3. The third-order valence-corrected chi connectivity index (χ3v) is 2.90. The van der Waals surface area contributed by atoms with Crippen molar-refractivity contribution >= 4 is 18.0 Å². The highest BCUT2D eigenvalue weighted by Gasteiger charge is 2.21. The summed E-state index contributed by atoms with van der Waals surface area (Å²) in [5, 5.41) is 22.4. The Balaban J connectivity index is 2.54. The lowest BCUT2D eigenvalue weighted by molar-refractivity contribution is -0.140. The summed E-state index contributed by atoms with van der Waals surface area (Å²) >= 11 is 0. The topological polar surface area (TPSA) is 116 Å². The molecule has 7 heteroatoms. The van der Waals surface area contributed by atoms with Gasteiger partial charge in [0.05, 0.1) is 6.04 Å². The summed E-state index contributed by atoms with van der Waals surface area (Å²) in [6, 6.07) is 7.02. The maximum Gasteiger partial charge on any atom is 0.326 e. The van der Waals surface area contributed by atoms with Crippen molar-refractivity contribution in [2.45, 2.75) is 31.8 Å². The molecule has 1 unspecified atom stereocenters. The predicted octanol–water partition coefficient (Wildman–Crippen LogP) is 1.36. The number of aliphatic carboxylic acids is 2. The average Bonchev–Trinajstić information content (AvgIpc) is 2.43. The van der Waals surface area contributed by atoms with Crippen LogP contribution in [-0.4, -0.2) is 34.2 Å². The third-order valence-electron chi connectivity index (χ3n) is 2.90. The molecule has 0 saturated carbocycles. The summed E-state index contributed by atoms with van der Waals surface area (Å²) < 4.78 is 0. The molecule has 0 bridgehead atoms. The number of carbonyl (C=O) groups excluding carboxylic acids is 1. The molecule has 1 rings (SSSR count). The Kier molecular flexibility index (Phi) is 6.19. The largest absolute Gasteiger partial charge is 0.481 e. The van der Waals surface area contributed by atoms with E-state index in [0.717, 1.165) is 5.56 Å². The molecule has 114 valence electrons. The van der Waals surface area contributed by atoms with Crippen molar-refractivity contribution in [2.24, 2.45) is 0 Å². The fourth-order valence-corrected chi connectivity index (χ4v) is 1.75. The van der Waals surface area contributed by atoms with Crippen LogP contribution in [0, 0.1) is 0 Å². The smallest absolute Gasteiger partial charge is 0.326 e. The van der Waals surface area contributed by atoms with E-state index in [-0.39, 0.29) is 18.9 Å². The number of hydrogen-bond donors (Lipinski definition) is 4. The van der Waals surface area contributed by atoms with Crippen LogP contribution in [0.4, 0.5) is 4.79 Å². The van der Waals surface area contributed by atoms with Crippen molar-refractivity contribution < 1.29 is 24.6 Å². The number of nitrogens with one attached hydrogen (secondary N) is 2. The number of rotatable bonds is 7. The summed E-state index contributed by atoms with van der Waals surface area (Å²) in [6.45, 7) is 1.77. The number of amides is 2. The molecular weight excluding hydrogens is 276 g/mol. The summed E-state index contributed by atoms with van der Waals surface area (Å²) in [7, 11) is 0. The normalized spacial score (nSPS) is 13.0. The first-order valence-corrected chi connectivity index (χ1v) is 6.46. The Morgan fingerprint density at radius 2 is 1.71 bits per heavy atom. The van der Waals surface area contributed by atoms with Crippen LogP contribution in [0.5, 0.6) is 0 Å². The lowest BCUT2D eigenvalue weighted by Gasteiger charge is -2.18. The van der Waals surface area contributed by atoms with Crippen molar-refractivity contribution in [3.05, 3.63) is 35.9 Å². The molecule has 0 aromatic heterocycles. The van der Waals surface area contributed by atoms with E-state index in [0.29, 0.717) is 0 Å². The van der Waals surface area contributed by atoms with E-state index in [9.17, 15) is 14.4 Å². The van der Waals surface area contributed by atoms with Crippen LogP contribution < -0.4 is 10.6 Å². The minimum absolute atomic E-state index is 0.169. The first kappa shape index (κ1) is 16.5. The molecule has 0 aliphatic heterocycles. The van der Waals surface area contributed by atoms with E-state index in [2.05, 4.69) is 10.6 Å². The second kappa shape index (κ2) is 7.88. The van der Waals surface area contributed by atoms with Gasteiger partial charge in [0.2, 0.25) is 0 Å². The van der Waals surface area contributed by atoms with Crippen molar-refractivity contribution in [3.63, 3.8) is 0 Å². The fraction of sp³-hybridized carbons (Fsp3) is 0.357. The van der Waals surface area contributed by atoms with E-state index in [1.807, 2.05) is 30.3 Å². The monoisotopic (exact) mass is 294 g/mol. The standard InChI is InChI=1S/C14H18N2O5/c1-9(10-5-3-2-4-6-10)15-14(21)16-11(13(19)20)7-8-12(17)18/h2-6,9,11H,7-8H2,1H3,(H,17,18)(H,19,20)(H2,15,16,21)/t9?,11-/m0/s1. The van der Waals surface area contributed by atoms with Gasteiger partial charge in [-0.1, -0.05) is 30.3 Å². The van der Waals surface area contributed by atoms with Gasteiger partial charge in [-0.15, -0.1) is 0 Å². The van der Waals surface area contributed by atoms with Crippen LogP contribution in [0.1, 0.15) is 31.4 Å². The van der Waals surface area contributed by atoms with Gasteiger partial charge >= 0.3 is 18.0 Å². The summed E-state index contributed by atoms with van der Waals surface area (Å²) in [4.78, 5) is 33.2. The first-order valence-electron chi connectivity index (χ1n) is 6.46.